The molecule has 0 aliphatic carbocycles. The number of anilines is 2. The number of nitrogens with one attached hydrogen (secondary N) is 2. The van der Waals surface area contributed by atoms with E-state index in [1.54, 1.807) is 12.3 Å². The van der Waals surface area contributed by atoms with Gasteiger partial charge in [0.1, 0.15) is 0 Å². The Hall–Kier alpha value is -3.07. The van der Waals surface area contributed by atoms with Crippen LogP contribution in [-0.4, -0.2) is 46.2 Å². The van der Waals surface area contributed by atoms with Gasteiger partial charge in [-0.15, -0.1) is 0 Å². The van der Waals surface area contributed by atoms with Gasteiger partial charge in [-0.25, -0.2) is 4.98 Å². The van der Waals surface area contributed by atoms with E-state index in [0.29, 0.717) is 42.9 Å². The third-order valence-corrected chi connectivity index (χ3v) is 5.35. The standard InChI is InChI=1S/C21H20F3N5S/c22-21(23,24)16-7-4-8-17(13-16)28-9-11-29(12-10-28)20(30)27-19-25-14-18(26-19)15-5-2-1-3-6-15/h1-8,13-14H,9-12H2,(H2,25,26,27,30). The summed E-state index contributed by atoms with van der Waals surface area (Å²) in [5.41, 5.74) is 1.85. The smallest absolute Gasteiger partial charge is 0.368 e. The lowest BCUT2D eigenvalue weighted by Crippen LogP contribution is -2.50. The molecule has 0 spiro atoms. The Labute approximate surface area is 177 Å². The van der Waals surface area contributed by atoms with Crippen LogP contribution >= 0.6 is 12.2 Å². The molecule has 0 radical (unpaired) electrons. The Bertz CT molecular complexity index is 1010. The first kappa shape index (κ1) is 20.2. The second kappa shape index (κ2) is 8.35. The first-order chi connectivity index (χ1) is 14.4. The molecule has 1 aromatic heterocycles. The van der Waals surface area contributed by atoms with Crippen molar-refractivity contribution in [3.8, 4) is 11.3 Å². The molecular formula is C21H20F3N5S. The number of H-pyrrole nitrogens is 1. The first-order valence-corrected chi connectivity index (χ1v) is 9.89. The minimum Gasteiger partial charge on any atom is -0.368 e. The number of thiocarbonyl (C=S) groups is 1. The van der Waals surface area contributed by atoms with E-state index in [1.807, 2.05) is 40.1 Å². The number of hydrogen-bond acceptors (Lipinski definition) is 3. The third-order valence-electron chi connectivity index (χ3n) is 4.99. The van der Waals surface area contributed by atoms with Crippen LogP contribution < -0.4 is 10.2 Å². The molecule has 1 aliphatic rings. The normalized spacial score (nSPS) is 14.6. The summed E-state index contributed by atoms with van der Waals surface area (Å²) in [6, 6.07) is 15.3. The molecule has 1 fully saturated rings. The molecule has 2 N–H and O–H groups in total. The van der Waals surface area contributed by atoms with Gasteiger partial charge in [0.25, 0.3) is 0 Å². The lowest BCUT2D eigenvalue weighted by Gasteiger charge is -2.37. The molecule has 2 heterocycles. The Morgan fingerprint density at radius 1 is 1.00 bits per heavy atom. The molecule has 0 amide bonds. The number of halogens is 3. The predicted octanol–water partition coefficient (Wildman–Crippen LogP) is 4.61. The highest BCUT2D eigenvalue weighted by Gasteiger charge is 2.31. The van der Waals surface area contributed by atoms with Crippen molar-refractivity contribution >= 4 is 29.0 Å². The van der Waals surface area contributed by atoms with Crippen molar-refractivity contribution in [3.63, 3.8) is 0 Å². The number of rotatable bonds is 3. The fourth-order valence-electron chi connectivity index (χ4n) is 3.38. The number of benzene rings is 2. The maximum Gasteiger partial charge on any atom is 0.416 e. The topological polar surface area (TPSA) is 47.2 Å². The molecule has 0 unspecified atom stereocenters. The molecule has 4 rings (SSSR count). The summed E-state index contributed by atoms with van der Waals surface area (Å²) in [6.07, 6.45) is -2.60. The van der Waals surface area contributed by atoms with Gasteiger partial charge in [-0.2, -0.15) is 13.2 Å². The maximum atomic E-state index is 13.0. The van der Waals surface area contributed by atoms with Gasteiger partial charge in [0.2, 0.25) is 5.95 Å². The Morgan fingerprint density at radius 2 is 1.73 bits per heavy atom. The molecular weight excluding hydrogens is 411 g/mol. The molecule has 0 bridgehead atoms. The maximum absolute atomic E-state index is 13.0. The Morgan fingerprint density at radius 3 is 2.43 bits per heavy atom. The van der Waals surface area contributed by atoms with Crippen molar-refractivity contribution in [2.45, 2.75) is 6.18 Å². The highest BCUT2D eigenvalue weighted by Crippen LogP contribution is 2.32. The summed E-state index contributed by atoms with van der Waals surface area (Å²) >= 11 is 5.49. The van der Waals surface area contributed by atoms with Crippen LogP contribution in [0, 0.1) is 0 Å². The molecule has 3 aromatic rings. The lowest BCUT2D eigenvalue weighted by atomic mass is 10.1. The molecule has 0 saturated carbocycles. The first-order valence-electron chi connectivity index (χ1n) is 9.49. The van der Waals surface area contributed by atoms with E-state index < -0.39 is 11.7 Å². The molecule has 30 heavy (non-hydrogen) atoms. The minimum absolute atomic E-state index is 0.535. The van der Waals surface area contributed by atoms with Crippen LogP contribution in [0.15, 0.2) is 60.8 Å². The van der Waals surface area contributed by atoms with Crippen LogP contribution in [-0.2, 0) is 6.18 Å². The number of imidazole rings is 1. The van der Waals surface area contributed by atoms with E-state index in [-0.39, 0.29) is 0 Å². The van der Waals surface area contributed by atoms with E-state index in [0.717, 1.165) is 17.3 Å². The largest absolute Gasteiger partial charge is 0.416 e. The fourth-order valence-corrected chi connectivity index (χ4v) is 3.66. The van der Waals surface area contributed by atoms with Crippen LogP contribution in [0.25, 0.3) is 11.3 Å². The molecule has 9 heteroatoms. The van der Waals surface area contributed by atoms with E-state index >= 15 is 0 Å². The number of hydrogen-bond donors (Lipinski definition) is 2. The minimum atomic E-state index is -4.34. The van der Waals surface area contributed by atoms with E-state index in [1.165, 1.54) is 12.1 Å². The summed E-state index contributed by atoms with van der Waals surface area (Å²) in [7, 11) is 0. The van der Waals surface area contributed by atoms with Crippen LogP contribution in [0.5, 0.6) is 0 Å². The number of alkyl halides is 3. The molecule has 1 aliphatic heterocycles. The van der Waals surface area contributed by atoms with Crippen LogP contribution in [0.1, 0.15) is 5.56 Å². The predicted molar refractivity (Wildman–Crippen MR) is 115 cm³/mol. The monoisotopic (exact) mass is 431 g/mol. The fraction of sp³-hybridized carbons (Fsp3) is 0.238. The number of nitrogens with zero attached hydrogens (tertiary/aromatic N) is 3. The summed E-state index contributed by atoms with van der Waals surface area (Å²) in [6.45, 7) is 2.37. The lowest BCUT2D eigenvalue weighted by molar-refractivity contribution is -0.137. The quantitative estimate of drug-likeness (QED) is 0.593. The number of piperazine rings is 1. The Kier molecular flexibility index (Phi) is 5.63. The van der Waals surface area contributed by atoms with Crippen LogP contribution in [0.2, 0.25) is 0 Å². The third kappa shape index (κ3) is 4.56. The number of aromatic nitrogens is 2. The second-order valence-corrected chi connectivity index (χ2v) is 7.35. The summed E-state index contributed by atoms with van der Waals surface area (Å²) in [5.74, 6) is 0.555. The van der Waals surface area contributed by atoms with Crippen molar-refractivity contribution in [3.05, 3.63) is 66.4 Å². The van der Waals surface area contributed by atoms with Gasteiger partial charge in [0.05, 0.1) is 17.5 Å². The average molecular weight is 431 g/mol. The zero-order valence-corrected chi connectivity index (χ0v) is 16.8. The van der Waals surface area contributed by atoms with Gasteiger partial charge in [-0.1, -0.05) is 36.4 Å². The molecule has 5 nitrogen and oxygen atoms in total. The van der Waals surface area contributed by atoms with Gasteiger partial charge in [-0.05, 0) is 36.0 Å². The molecule has 1 saturated heterocycles. The van der Waals surface area contributed by atoms with Crippen molar-refractivity contribution < 1.29 is 13.2 Å². The van der Waals surface area contributed by atoms with Crippen LogP contribution in [0.3, 0.4) is 0 Å². The van der Waals surface area contributed by atoms with E-state index in [4.69, 9.17) is 12.2 Å². The van der Waals surface area contributed by atoms with Crippen LogP contribution in [0.4, 0.5) is 24.8 Å². The average Bonchev–Trinajstić information content (AvgIpc) is 3.22. The molecule has 0 atom stereocenters. The van der Waals surface area contributed by atoms with Gasteiger partial charge in [0.15, 0.2) is 5.11 Å². The zero-order valence-electron chi connectivity index (χ0n) is 16.0. The van der Waals surface area contributed by atoms with Gasteiger partial charge in [0, 0.05) is 31.9 Å². The van der Waals surface area contributed by atoms with Gasteiger partial charge in [-0.3, -0.25) is 0 Å². The second-order valence-electron chi connectivity index (χ2n) is 6.96. The van der Waals surface area contributed by atoms with Crippen molar-refractivity contribution in [1.29, 1.82) is 0 Å². The van der Waals surface area contributed by atoms with Gasteiger partial charge < -0.3 is 20.1 Å². The Balaban J connectivity index is 1.34. The highest BCUT2D eigenvalue weighted by atomic mass is 32.1. The molecule has 2 aromatic carbocycles. The molecule has 156 valence electrons. The van der Waals surface area contributed by atoms with Crippen molar-refractivity contribution in [1.82, 2.24) is 14.9 Å². The van der Waals surface area contributed by atoms with Crippen molar-refractivity contribution in [2.24, 2.45) is 0 Å². The summed E-state index contributed by atoms with van der Waals surface area (Å²) in [4.78, 5) is 11.5. The van der Waals surface area contributed by atoms with E-state index in [2.05, 4.69) is 15.3 Å². The highest BCUT2D eigenvalue weighted by molar-refractivity contribution is 7.80. The number of aromatic amines is 1. The summed E-state index contributed by atoms with van der Waals surface area (Å²) in [5, 5.41) is 3.64. The SMILES string of the molecule is FC(F)(F)c1cccc(N2CCN(C(=S)Nc3ncc(-c4ccccc4)[nH]3)CC2)c1. The summed E-state index contributed by atoms with van der Waals surface area (Å²) < 4.78 is 38.9. The zero-order chi connectivity index (χ0) is 21.1. The van der Waals surface area contributed by atoms with Crippen molar-refractivity contribution in [2.75, 3.05) is 36.4 Å². The van der Waals surface area contributed by atoms with Gasteiger partial charge >= 0.3 is 6.18 Å². The van der Waals surface area contributed by atoms with E-state index in [9.17, 15) is 13.2 Å².